The van der Waals surface area contributed by atoms with Crippen molar-refractivity contribution in [2.45, 2.75) is 72.8 Å². The van der Waals surface area contributed by atoms with Gasteiger partial charge >= 0.3 is 0 Å². The van der Waals surface area contributed by atoms with E-state index in [9.17, 15) is 0 Å². The topological polar surface area (TPSA) is 12.0 Å². The predicted octanol–water partition coefficient (Wildman–Crippen LogP) is 5.29. The second kappa shape index (κ2) is 9.18. The Labute approximate surface area is 126 Å². The van der Waals surface area contributed by atoms with Crippen LogP contribution in [-0.4, -0.2) is 6.54 Å². The minimum atomic E-state index is 0.515. The number of hydrogen-bond acceptors (Lipinski definition) is 1. The highest BCUT2D eigenvalue weighted by atomic mass is 14.9. The minimum absolute atomic E-state index is 0.515. The average Bonchev–Trinajstić information content (AvgIpc) is 2.50. The van der Waals surface area contributed by atoms with Crippen LogP contribution in [0.2, 0.25) is 0 Å². The lowest BCUT2D eigenvalue weighted by Crippen LogP contribution is -2.28. The Morgan fingerprint density at radius 2 is 1.55 bits per heavy atom. The first-order valence-corrected chi connectivity index (χ1v) is 8.56. The van der Waals surface area contributed by atoms with Gasteiger partial charge in [0.1, 0.15) is 0 Å². The standard InChI is InChI=1S/C19H33N/c1-6-13-20-19(15(7-2)8-3)18-12-11-16(9-4)17(10-5)14-18/h11-12,14-15,19-20H,6-10,13H2,1-5H3. The summed E-state index contributed by atoms with van der Waals surface area (Å²) in [6, 6.07) is 7.66. The van der Waals surface area contributed by atoms with Gasteiger partial charge in [-0.05, 0) is 48.4 Å². The van der Waals surface area contributed by atoms with E-state index in [0.29, 0.717) is 6.04 Å². The maximum atomic E-state index is 3.78. The zero-order valence-corrected chi connectivity index (χ0v) is 14.1. The molecule has 0 aliphatic heterocycles. The Hall–Kier alpha value is -0.820. The van der Waals surface area contributed by atoms with Gasteiger partial charge in [0.25, 0.3) is 0 Å². The number of hydrogen-bond donors (Lipinski definition) is 1. The third-order valence-corrected chi connectivity index (χ3v) is 4.49. The molecule has 1 rings (SSSR count). The van der Waals surface area contributed by atoms with E-state index in [1.54, 1.807) is 0 Å². The zero-order chi connectivity index (χ0) is 15.0. The summed E-state index contributed by atoms with van der Waals surface area (Å²) in [7, 11) is 0. The highest BCUT2D eigenvalue weighted by Gasteiger charge is 2.20. The third-order valence-electron chi connectivity index (χ3n) is 4.49. The molecule has 0 bridgehead atoms. The van der Waals surface area contributed by atoms with Crippen molar-refractivity contribution in [1.82, 2.24) is 5.32 Å². The number of rotatable bonds is 9. The molecule has 1 N–H and O–H groups in total. The molecule has 1 aromatic carbocycles. The van der Waals surface area contributed by atoms with Gasteiger partial charge in [-0.3, -0.25) is 0 Å². The molecule has 1 atom stereocenters. The van der Waals surface area contributed by atoms with E-state index in [1.165, 1.54) is 36.0 Å². The van der Waals surface area contributed by atoms with Crippen molar-refractivity contribution in [3.8, 4) is 0 Å². The number of benzene rings is 1. The second-order valence-corrected chi connectivity index (χ2v) is 5.74. The summed E-state index contributed by atoms with van der Waals surface area (Å²) in [6.07, 6.45) is 5.97. The molecule has 0 aliphatic carbocycles. The van der Waals surface area contributed by atoms with E-state index in [1.807, 2.05) is 0 Å². The Morgan fingerprint density at radius 1 is 0.900 bits per heavy atom. The zero-order valence-electron chi connectivity index (χ0n) is 14.1. The molecule has 0 saturated carbocycles. The molecular formula is C19H33N. The highest BCUT2D eigenvalue weighted by molar-refractivity contribution is 5.34. The molecule has 20 heavy (non-hydrogen) atoms. The van der Waals surface area contributed by atoms with Crippen LogP contribution in [0.15, 0.2) is 18.2 Å². The van der Waals surface area contributed by atoms with Crippen LogP contribution in [0.4, 0.5) is 0 Å². The Kier molecular flexibility index (Phi) is 7.91. The highest BCUT2D eigenvalue weighted by Crippen LogP contribution is 2.29. The third kappa shape index (κ3) is 4.34. The molecule has 1 nitrogen and oxygen atoms in total. The van der Waals surface area contributed by atoms with Gasteiger partial charge in [0.2, 0.25) is 0 Å². The van der Waals surface area contributed by atoms with Gasteiger partial charge in [-0.15, -0.1) is 0 Å². The largest absolute Gasteiger partial charge is 0.310 e. The summed E-state index contributed by atoms with van der Waals surface area (Å²) < 4.78 is 0. The normalized spacial score (nSPS) is 12.9. The molecule has 114 valence electrons. The van der Waals surface area contributed by atoms with Gasteiger partial charge in [-0.25, -0.2) is 0 Å². The number of nitrogens with one attached hydrogen (secondary N) is 1. The van der Waals surface area contributed by atoms with E-state index in [2.05, 4.69) is 58.1 Å². The van der Waals surface area contributed by atoms with Gasteiger partial charge in [0, 0.05) is 6.04 Å². The van der Waals surface area contributed by atoms with Gasteiger partial charge in [-0.2, -0.15) is 0 Å². The maximum absolute atomic E-state index is 3.78. The van der Waals surface area contributed by atoms with Gasteiger partial charge < -0.3 is 5.32 Å². The lowest BCUT2D eigenvalue weighted by atomic mass is 9.86. The van der Waals surface area contributed by atoms with Crippen LogP contribution in [0.3, 0.4) is 0 Å². The lowest BCUT2D eigenvalue weighted by Gasteiger charge is -2.28. The summed E-state index contributed by atoms with van der Waals surface area (Å²) in [4.78, 5) is 0. The van der Waals surface area contributed by atoms with Crippen LogP contribution in [0.1, 0.15) is 76.6 Å². The molecule has 0 fully saturated rings. The van der Waals surface area contributed by atoms with Crippen molar-refractivity contribution in [2.24, 2.45) is 5.92 Å². The van der Waals surface area contributed by atoms with Crippen molar-refractivity contribution in [3.63, 3.8) is 0 Å². The van der Waals surface area contributed by atoms with E-state index in [0.717, 1.165) is 25.3 Å². The Morgan fingerprint density at radius 3 is 2.05 bits per heavy atom. The molecule has 1 aromatic rings. The van der Waals surface area contributed by atoms with Gasteiger partial charge in [0.05, 0.1) is 0 Å². The molecule has 0 saturated heterocycles. The lowest BCUT2D eigenvalue weighted by molar-refractivity contribution is 0.341. The molecule has 0 aliphatic rings. The van der Waals surface area contributed by atoms with Crippen LogP contribution >= 0.6 is 0 Å². The Balaban J connectivity index is 3.05. The fraction of sp³-hybridized carbons (Fsp3) is 0.684. The summed E-state index contributed by atoms with van der Waals surface area (Å²) >= 11 is 0. The number of aryl methyl sites for hydroxylation is 2. The minimum Gasteiger partial charge on any atom is -0.310 e. The first kappa shape index (κ1) is 17.2. The van der Waals surface area contributed by atoms with E-state index >= 15 is 0 Å². The molecule has 0 radical (unpaired) electrons. The van der Waals surface area contributed by atoms with Crippen molar-refractivity contribution < 1.29 is 0 Å². The quantitative estimate of drug-likeness (QED) is 0.646. The van der Waals surface area contributed by atoms with E-state index in [-0.39, 0.29) is 0 Å². The van der Waals surface area contributed by atoms with Crippen molar-refractivity contribution in [2.75, 3.05) is 6.54 Å². The molecule has 1 unspecified atom stereocenters. The summed E-state index contributed by atoms with van der Waals surface area (Å²) in [5.74, 6) is 0.735. The van der Waals surface area contributed by atoms with Crippen molar-refractivity contribution in [1.29, 1.82) is 0 Å². The average molecular weight is 275 g/mol. The van der Waals surface area contributed by atoms with Crippen molar-refractivity contribution >= 4 is 0 Å². The van der Waals surface area contributed by atoms with Crippen LogP contribution in [0.25, 0.3) is 0 Å². The van der Waals surface area contributed by atoms with Gasteiger partial charge in [0.15, 0.2) is 0 Å². The summed E-state index contributed by atoms with van der Waals surface area (Å²) in [5, 5.41) is 3.78. The molecular weight excluding hydrogens is 242 g/mol. The van der Waals surface area contributed by atoms with Crippen molar-refractivity contribution in [3.05, 3.63) is 34.9 Å². The van der Waals surface area contributed by atoms with Crippen LogP contribution in [0, 0.1) is 5.92 Å². The van der Waals surface area contributed by atoms with Gasteiger partial charge in [-0.1, -0.05) is 65.7 Å². The molecule has 0 heterocycles. The fourth-order valence-electron chi connectivity index (χ4n) is 3.13. The predicted molar refractivity (Wildman–Crippen MR) is 90.3 cm³/mol. The summed E-state index contributed by atoms with van der Waals surface area (Å²) in [5.41, 5.74) is 4.52. The molecule has 0 spiro atoms. The van der Waals surface area contributed by atoms with Crippen LogP contribution < -0.4 is 5.32 Å². The Bertz CT molecular complexity index is 379. The first-order chi connectivity index (χ1) is 9.71. The van der Waals surface area contributed by atoms with Crippen LogP contribution in [-0.2, 0) is 12.8 Å². The molecule has 1 heteroatoms. The van der Waals surface area contributed by atoms with E-state index < -0.39 is 0 Å². The smallest absolute Gasteiger partial charge is 0.0348 e. The van der Waals surface area contributed by atoms with Crippen LogP contribution in [0.5, 0.6) is 0 Å². The van der Waals surface area contributed by atoms with E-state index in [4.69, 9.17) is 0 Å². The SMILES string of the molecule is CCCNC(c1ccc(CC)c(CC)c1)C(CC)CC. The second-order valence-electron chi connectivity index (χ2n) is 5.74. The molecule has 0 amide bonds. The monoisotopic (exact) mass is 275 g/mol. The fourth-order valence-corrected chi connectivity index (χ4v) is 3.13. The first-order valence-electron chi connectivity index (χ1n) is 8.56. The summed E-state index contributed by atoms with van der Waals surface area (Å²) in [6.45, 7) is 12.5. The maximum Gasteiger partial charge on any atom is 0.0348 e. The molecule has 0 aromatic heterocycles.